The predicted octanol–water partition coefficient (Wildman–Crippen LogP) is 5.34. The fourth-order valence-corrected chi connectivity index (χ4v) is 2.73. The van der Waals surface area contributed by atoms with Crippen molar-refractivity contribution in [2.24, 2.45) is 0 Å². The lowest BCUT2D eigenvalue weighted by Gasteiger charge is -2.14. The minimum Gasteiger partial charge on any atom is -0.483 e. The third kappa shape index (κ3) is 4.73. The first kappa shape index (κ1) is 16.3. The van der Waals surface area contributed by atoms with Gasteiger partial charge in [-0.25, -0.2) is 0 Å². The average molecular weight is 388 g/mol. The molecule has 0 aromatic heterocycles. The highest BCUT2D eigenvalue weighted by Crippen LogP contribution is 2.23. The van der Waals surface area contributed by atoms with Crippen molar-refractivity contribution >= 4 is 44.9 Å². The molecule has 0 aliphatic heterocycles. The summed E-state index contributed by atoms with van der Waals surface area (Å²) in [5.41, 5.74) is 0.784. The molecule has 0 spiro atoms. The van der Waals surface area contributed by atoms with Gasteiger partial charge in [0.15, 0.2) is 11.9 Å². The van der Waals surface area contributed by atoms with E-state index in [1.807, 2.05) is 12.1 Å². The van der Waals surface area contributed by atoms with E-state index in [9.17, 15) is 4.79 Å². The van der Waals surface area contributed by atoms with Gasteiger partial charge in [0.2, 0.25) is 0 Å². The third-order valence-corrected chi connectivity index (χ3v) is 4.02. The van der Waals surface area contributed by atoms with Gasteiger partial charge in [0.1, 0.15) is 5.75 Å². The number of ether oxygens (including phenoxy) is 1. The lowest BCUT2D eigenvalue weighted by Crippen LogP contribution is -2.25. The summed E-state index contributed by atoms with van der Waals surface area (Å²) in [5, 5.41) is 1.13. The predicted molar refractivity (Wildman–Crippen MR) is 89.4 cm³/mol. The zero-order chi connectivity index (χ0) is 15.4. The largest absolute Gasteiger partial charge is 0.483 e. The van der Waals surface area contributed by atoms with Gasteiger partial charge >= 0.3 is 0 Å². The van der Waals surface area contributed by atoms with Crippen LogP contribution in [0.4, 0.5) is 0 Å². The summed E-state index contributed by atoms with van der Waals surface area (Å²) in [6.07, 6.45) is -0.336. The average Bonchev–Trinajstić information content (AvgIpc) is 2.41. The molecule has 0 aliphatic carbocycles. The van der Waals surface area contributed by atoms with Crippen LogP contribution in [0.2, 0.25) is 10.0 Å². The molecule has 0 heterocycles. The highest BCUT2D eigenvalue weighted by Gasteiger charge is 2.17. The van der Waals surface area contributed by atoms with Crippen LogP contribution in [0.5, 0.6) is 5.75 Å². The van der Waals surface area contributed by atoms with E-state index in [4.69, 9.17) is 27.9 Å². The van der Waals surface area contributed by atoms with E-state index in [2.05, 4.69) is 15.9 Å². The van der Waals surface area contributed by atoms with Gasteiger partial charge < -0.3 is 4.74 Å². The number of carbonyl (C=O) groups is 1. The summed E-state index contributed by atoms with van der Waals surface area (Å²) in [6, 6.07) is 12.4. The Morgan fingerprint density at radius 3 is 2.67 bits per heavy atom. The molecule has 2 aromatic rings. The second kappa shape index (κ2) is 7.30. The Morgan fingerprint density at radius 2 is 2.00 bits per heavy atom. The molecule has 5 heteroatoms. The zero-order valence-electron chi connectivity index (χ0n) is 11.3. The minimum absolute atomic E-state index is 0.0424. The monoisotopic (exact) mass is 386 g/mol. The first-order valence-corrected chi connectivity index (χ1v) is 7.89. The molecule has 0 bridgehead atoms. The lowest BCUT2D eigenvalue weighted by molar-refractivity contribution is -0.124. The second-order valence-electron chi connectivity index (χ2n) is 4.60. The first-order chi connectivity index (χ1) is 9.95. The minimum atomic E-state index is -0.566. The van der Waals surface area contributed by atoms with Gasteiger partial charge in [0.05, 0.1) is 0 Å². The zero-order valence-corrected chi connectivity index (χ0v) is 14.4. The molecule has 2 nitrogen and oxygen atoms in total. The third-order valence-electron chi connectivity index (χ3n) is 2.94. The number of carbonyl (C=O) groups excluding carboxylic acids is 1. The summed E-state index contributed by atoms with van der Waals surface area (Å²) in [6.45, 7) is 1.72. The lowest BCUT2D eigenvalue weighted by atomic mass is 10.1. The number of hydrogen-bond donors (Lipinski definition) is 0. The molecule has 1 unspecified atom stereocenters. The summed E-state index contributed by atoms with van der Waals surface area (Å²) in [4.78, 5) is 12.2. The number of ketones is 1. The van der Waals surface area contributed by atoms with Crippen molar-refractivity contribution in [1.82, 2.24) is 0 Å². The van der Waals surface area contributed by atoms with Crippen LogP contribution in [0, 0.1) is 0 Å². The molecule has 2 aromatic carbocycles. The van der Waals surface area contributed by atoms with E-state index in [1.54, 1.807) is 37.3 Å². The van der Waals surface area contributed by atoms with Crippen molar-refractivity contribution in [2.75, 3.05) is 0 Å². The highest BCUT2D eigenvalue weighted by atomic mass is 79.9. The van der Waals surface area contributed by atoms with Crippen LogP contribution in [0.1, 0.15) is 12.5 Å². The Bertz CT molecular complexity index is 658. The van der Waals surface area contributed by atoms with Crippen molar-refractivity contribution in [3.8, 4) is 5.75 Å². The Labute approximate surface area is 142 Å². The Morgan fingerprint density at radius 1 is 1.24 bits per heavy atom. The van der Waals surface area contributed by atoms with Gasteiger partial charge in [-0.15, -0.1) is 0 Å². The van der Waals surface area contributed by atoms with Gasteiger partial charge in [-0.05, 0) is 42.8 Å². The fourth-order valence-electron chi connectivity index (χ4n) is 1.81. The van der Waals surface area contributed by atoms with Crippen molar-refractivity contribution in [3.63, 3.8) is 0 Å². The summed E-state index contributed by atoms with van der Waals surface area (Å²) >= 11 is 15.3. The number of hydrogen-bond acceptors (Lipinski definition) is 2. The fraction of sp³-hybridized carbons (Fsp3) is 0.188. The van der Waals surface area contributed by atoms with E-state index in [0.717, 1.165) is 10.0 Å². The van der Waals surface area contributed by atoms with Gasteiger partial charge in [0.25, 0.3) is 0 Å². The van der Waals surface area contributed by atoms with Crippen LogP contribution >= 0.6 is 39.1 Å². The van der Waals surface area contributed by atoms with Gasteiger partial charge in [-0.1, -0.05) is 51.3 Å². The molecule has 0 saturated carbocycles. The van der Waals surface area contributed by atoms with Crippen LogP contribution < -0.4 is 4.74 Å². The molecular formula is C16H13BrCl2O2. The van der Waals surface area contributed by atoms with Crippen molar-refractivity contribution in [1.29, 1.82) is 0 Å². The highest BCUT2D eigenvalue weighted by molar-refractivity contribution is 9.10. The smallest absolute Gasteiger partial charge is 0.177 e. The van der Waals surface area contributed by atoms with E-state index in [0.29, 0.717) is 15.8 Å². The van der Waals surface area contributed by atoms with Gasteiger partial charge in [-0.2, -0.15) is 0 Å². The van der Waals surface area contributed by atoms with E-state index in [1.165, 1.54) is 0 Å². The summed E-state index contributed by atoms with van der Waals surface area (Å²) in [7, 11) is 0. The van der Waals surface area contributed by atoms with Crippen LogP contribution in [0.25, 0.3) is 0 Å². The maximum Gasteiger partial charge on any atom is 0.177 e. The molecule has 0 fully saturated rings. The van der Waals surface area contributed by atoms with Crippen molar-refractivity contribution in [3.05, 3.63) is 62.5 Å². The summed E-state index contributed by atoms with van der Waals surface area (Å²) < 4.78 is 6.49. The molecule has 0 saturated heterocycles. The van der Waals surface area contributed by atoms with Crippen LogP contribution in [-0.2, 0) is 11.2 Å². The van der Waals surface area contributed by atoms with Crippen molar-refractivity contribution < 1.29 is 9.53 Å². The molecule has 21 heavy (non-hydrogen) atoms. The molecule has 1 atom stereocenters. The number of benzene rings is 2. The number of halogens is 3. The van der Waals surface area contributed by atoms with Gasteiger partial charge in [-0.3, -0.25) is 4.79 Å². The number of Topliss-reactive ketones (excluding diaryl/α,β-unsaturated/α-hetero) is 1. The SMILES string of the molecule is CC(Oc1cccc(Cl)c1)C(=O)Cc1ccc(Br)cc1Cl. The van der Waals surface area contributed by atoms with Crippen molar-refractivity contribution in [2.45, 2.75) is 19.4 Å². The van der Waals surface area contributed by atoms with Gasteiger partial charge in [0, 0.05) is 20.9 Å². The normalized spacial score (nSPS) is 12.0. The van der Waals surface area contributed by atoms with E-state index in [-0.39, 0.29) is 12.2 Å². The molecule has 2 rings (SSSR count). The topological polar surface area (TPSA) is 26.3 Å². The van der Waals surface area contributed by atoms with Crippen LogP contribution in [0.15, 0.2) is 46.9 Å². The molecule has 0 N–H and O–H groups in total. The second-order valence-corrected chi connectivity index (χ2v) is 6.36. The first-order valence-electron chi connectivity index (χ1n) is 6.34. The Kier molecular flexibility index (Phi) is 5.68. The van der Waals surface area contributed by atoms with Crippen LogP contribution in [0.3, 0.4) is 0 Å². The van der Waals surface area contributed by atoms with Crippen LogP contribution in [-0.4, -0.2) is 11.9 Å². The summed E-state index contributed by atoms with van der Waals surface area (Å²) in [5.74, 6) is 0.532. The molecular weight excluding hydrogens is 375 g/mol. The molecule has 0 amide bonds. The molecule has 110 valence electrons. The number of rotatable bonds is 5. The molecule has 0 aliphatic rings. The quantitative estimate of drug-likeness (QED) is 0.692. The molecule has 0 radical (unpaired) electrons. The Balaban J connectivity index is 2.02. The maximum atomic E-state index is 12.2. The van der Waals surface area contributed by atoms with E-state index >= 15 is 0 Å². The Hall–Kier alpha value is -1.03. The van der Waals surface area contributed by atoms with E-state index < -0.39 is 6.10 Å². The standard InChI is InChI=1S/C16H13BrCl2O2/c1-10(21-14-4-2-3-13(18)9-14)16(20)7-11-5-6-12(17)8-15(11)19/h2-6,8-10H,7H2,1H3. The maximum absolute atomic E-state index is 12.2.